The van der Waals surface area contributed by atoms with E-state index in [1.54, 1.807) is 0 Å². The van der Waals surface area contributed by atoms with Gasteiger partial charge in [-0.15, -0.1) is 0 Å². The fourth-order valence-corrected chi connectivity index (χ4v) is 3.94. The molecule has 0 aliphatic carbocycles. The lowest BCUT2D eigenvalue weighted by molar-refractivity contribution is 0.241. The predicted molar refractivity (Wildman–Crippen MR) is 84.1 cm³/mol. The monoisotopic (exact) mass is 279 g/mol. The molecule has 1 aliphatic rings. The van der Waals surface area contributed by atoms with Gasteiger partial charge >= 0.3 is 0 Å². The summed E-state index contributed by atoms with van der Waals surface area (Å²) in [5.74, 6) is 4.31. The van der Waals surface area contributed by atoms with Crippen LogP contribution in [0.3, 0.4) is 0 Å². The zero-order valence-electron chi connectivity index (χ0n) is 12.2. The first-order valence-corrected chi connectivity index (χ1v) is 8.44. The van der Waals surface area contributed by atoms with Crippen LogP contribution in [0.1, 0.15) is 38.8 Å². The molecule has 1 fully saturated rings. The molecule has 2 atom stereocenters. The van der Waals surface area contributed by atoms with Crippen molar-refractivity contribution in [2.45, 2.75) is 39.3 Å². The molecule has 2 rings (SSSR count). The summed E-state index contributed by atoms with van der Waals surface area (Å²) >= 11 is 2.07. The lowest BCUT2D eigenvalue weighted by atomic mass is 9.92. The zero-order valence-corrected chi connectivity index (χ0v) is 13.0. The first-order chi connectivity index (χ1) is 9.20. The number of hydrogen-bond acceptors (Lipinski definition) is 3. The van der Waals surface area contributed by atoms with Crippen LogP contribution < -0.4 is 10.1 Å². The van der Waals surface area contributed by atoms with Gasteiger partial charge in [0.25, 0.3) is 0 Å². The Labute approximate surface area is 121 Å². The van der Waals surface area contributed by atoms with Gasteiger partial charge in [0.05, 0.1) is 6.10 Å². The highest BCUT2D eigenvalue weighted by atomic mass is 32.2. The van der Waals surface area contributed by atoms with E-state index in [0.29, 0.717) is 6.04 Å². The molecule has 0 radical (unpaired) electrons. The van der Waals surface area contributed by atoms with Crippen LogP contribution in [0.25, 0.3) is 0 Å². The van der Waals surface area contributed by atoms with Crippen molar-refractivity contribution in [3.8, 4) is 5.75 Å². The number of thioether (sulfide) groups is 1. The fourth-order valence-electron chi connectivity index (χ4n) is 2.65. The highest BCUT2D eigenvalue weighted by molar-refractivity contribution is 7.99. The fraction of sp³-hybridized carbons (Fsp3) is 0.625. The average Bonchev–Trinajstić information content (AvgIpc) is 2.89. The van der Waals surface area contributed by atoms with E-state index in [0.717, 1.165) is 18.2 Å². The standard InChI is InChI=1S/C16H25NOS/c1-4-17-16(14-8-9-19-11-14)13-6-5-7-15(10-13)18-12(2)3/h5-7,10,12,14,16-17H,4,8-9,11H2,1-3H3. The molecular formula is C16H25NOS. The molecule has 106 valence electrons. The second kappa shape index (κ2) is 7.20. The van der Waals surface area contributed by atoms with E-state index in [1.807, 2.05) is 0 Å². The maximum absolute atomic E-state index is 5.81. The van der Waals surface area contributed by atoms with E-state index >= 15 is 0 Å². The quantitative estimate of drug-likeness (QED) is 0.854. The summed E-state index contributed by atoms with van der Waals surface area (Å²) in [7, 11) is 0. The van der Waals surface area contributed by atoms with Gasteiger partial charge in [-0.05, 0) is 61.9 Å². The van der Waals surface area contributed by atoms with Crippen molar-refractivity contribution in [1.82, 2.24) is 5.32 Å². The van der Waals surface area contributed by atoms with Gasteiger partial charge in [0, 0.05) is 6.04 Å². The summed E-state index contributed by atoms with van der Waals surface area (Å²) < 4.78 is 5.81. The number of ether oxygens (including phenoxy) is 1. The molecule has 0 bridgehead atoms. The normalized spacial score (nSPS) is 20.7. The second-order valence-corrected chi connectivity index (χ2v) is 6.55. The molecule has 1 aromatic rings. The maximum atomic E-state index is 5.81. The molecule has 19 heavy (non-hydrogen) atoms. The Morgan fingerprint density at radius 3 is 2.89 bits per heavy atom. The van der Waals surface area contributed by atoms with Gasteiger partial charge in [-0.3, -0.25) is 0 Å². The van der Waals surface area contributed by atoms with Crippen LogP contribution in [0.5, 0.6) is 5.75 Å². The molecule has 0 spiro atoms. The van der Waals surface area contributed by atoms with Gasteiger partial charge in [0.1, 0.15) is 5.75 Å². The summed E-state index contributed by atoms with van der Waals surface area (Å²) in [6.45, 7) is 7.34. The van der Waals surface area contributed by atoms with Crippen LogP contribution in [0.2, 0.25) is 0 Å². The van der Waals surface area contributed by atoms with Crippen LogP contribution >= 0.6 is 11.8 Å². The summed E-state index contributed by atoms with van der Waals surface area (Å²) in [5, 5.41) is 3.65. The van der Waals surface area contributed by atoms with Gasteiger partial charge in [-0.1, -0.05) is 19.1 Å². The van der Waals surface area contributed by atoms with Crippen LogP contribution in [0, 0.1) is 5.92 Å². The molecule has 1 aromatic carbocycles. The minimum atomic E-state index is 0.231. The molecular weight excluding hydrogens is 254 g/mol. The highest BCUT2D eigenvalue weighted by Gasteiger charge is 2.26. The topological polar surface area (TPSA) is 21.3 Å². The van der Waals surface area contributed by atoms with Crippen molar-refractivity contribution in [1.29, 1.82) is 0 Å². The summed E-state index contributed by atoms with van der Waals surface area (Å²) in [4.78, 5) is 0. The van der Waals surface area contributed by atoms with Crippen molar-refractivity contribution >= 4 is 11.8 Å². The average molecular weight is 279 g/mol. The second-order valence-electron chi connectivity index (χ2n) is 5.40. The number of benzene rings is 1. The third-order valence-corrected chi connectivity index (χ3v) is 4.64. The largest absolute Gasteiger partial charge is 0.491 e. The lowest BCUT2D eigenvalue weighted by Gasteiger charge is -2.25. The predicted octanol–water partition coefficient (Wildman–Crippen LogP) is 3.88. The van der Waals surface area contributed by atoms with Crippen LogP contribution in [-0.2, 0) is 0 Å². The third-order valence-electron chi connectivity index (χ3n) is 3.45. The van der Waals surface area contributed by atoms with E-state index < -0.39 is 0 Å². The minimum Gasteiger partial charge on any atom is -0.491 e. The Balaban J connectivity index is 2.15. The maximum Gasteiger partial charge on any atom is 0.120 e. The minimum absolute atomic E-state index is 0.231. The molecule has 0 amide bonds. The molecule has 0 saturated carbocycles. The number of rotatable bonds is 6. The van der Waals surface area contributed by atoms with E-state index in [4.69, 9.17) is 4.74 Å². The summed E-state index contributed by atoms with van der Waals surface area (Å²) in [6.07, 6.45) is 1.55. The number of nitrogens with one attached hydrogen (secondary N) is 1. The van der Waals surface area contributed by atoms with Crippen molar-refractivity contribution in [3.05, 3.63) is 29.8 Å². The third kappa shape index (κ3) is 4.15. The molecule has 3 heteroatoms. The SMILES string of the molecule is CCNC(c1cccc(OC(C)C)c1)C1CCSC1. The summed E-state index contributed by atoms with van der Waals surface area (Å²) in [5.41, 5.74) is 1.37. The molecule has 1 heterocycles. The Morgan fingerprint density at radius 2 is 2.26 bits per heavy atom. The Hall–Kier alpha value is -0.670. The Kier molecular flexibility index (Phi) is 5.59. The molecule has 2 nitrogen and oxygen atoms in total. The Bertz CT molecular complexity index is 388. The zero-order chi connectivity index (χ0) is 13.7. The smallest absolute Gasteiger partial charge is 0.120 e. The Morgan fingerprint density at radius 1 is 1.42 bits per heavy atom. The summed E-state index contributed by atoms with van der Waals surface area (Å²) in [6, 6.07) is 9.06. The van der Waals surface area contributed by atoms with E-state index in [9.17, 15) is 0 Å². The molecule has 1 saturated heterocycles. The van der Waals surface area contributed by atoms with Crippen molar-refractivity contribution in [2.24, 2.45) is 5.92 Å². The van der Waals surface area contributed by atoms with E-state index in [1.165, 1.54) is 23.5 Å². The molecule has 0 aromatic heterocycles. The number of hydrogen-bond donors (Lipinski definition) is 1. The van der Waals surface area contributed by atoms with Gasteiger partial charge in [-0.2, -0.15) is 11.8 Å². The first-order valence-electron chi connectivity index (χ1n) is 7.28. The highest BCUT2D eigenvalue weighted by Crippen LogP contribution is 2.35. The molecule has 2 unspecified atom stereocenters. The van der Waals surface area contributed by atoms with Crippen LogP contribution in [-0.4, -0.2) is 24.2 Å². The molecule has 1 aliphatic heterocycles. The van der Waals surface area contributed by atoms with Crippen LogP contribution in [0.15, 0.2) is 24.3 Å². The van der Waals surface area contributed by atoms with Gasteiger partial charge < -0.3 is 10.1 Å². The van der Waals surface area contributed by atoms with Crippen molar-refractivity contribution < 1.29 is 4.74 Å². The van der Waals surface area contributed by atoms with Crippen molar-refractivity contribution in [2.75, 3.05) is 18.1 Å². The van der Waals surface area contributed by atoms with E-state index in [2.05, 4.69) is 62.1 Å². The lowest BCUT2D eigenvalue weighted by Crippen LogP contribution is -2.28. The van der Waals surface area contributed by atoms with Crippen LogP contribution in [0.4, 0.5) is 0 Å². The molecule has 1 N–H and O–H groups in total. The van der Waals surface area contributed by atoms with Gasteiger partial charge in [-0.25, -0.2) is 0 Å². The van der Waals surface area contributed by atoms with Gasteiger partial charge in [0.15, 0.2) is 0 Å². The van der Waals surface area contributed by atoms with E-state index in [-0.39, 0.29) is 6.10 Å². The first kappa shape index (κ1) is 14.7. The van der Waals surface area contributed by atoms with Gasteiger partial charge in [0.2, 0.25) is 0 Å². The van der Waals surface area contributed by atoms with Crippen molar-refractivity contribution in [3.63, 3.8) is 0 Å².